The second-order valence-electron chi connectivity index (χ2n) is 8.17. The second-order valence-corrected chi connectivity index (χ2v) is 10.4. The molecular formula is C26H20N6O2Se. The summed E-state index contributed by atoms with van der Waals surface area (Å²) in [4.78, 5) is 32.8. The molecule has 172 valence electrons. The summed E-state index contributed by atoms with van der Waals surface area (Å²) in [6.07, 6.45) is 6.60. The summed E-state index contributed by atoms with van der Waals surface area (Å²) in [6, 6.07) is 19.9. The summed E-state index contributed by atoms with van der Waals surface area (Å²) in [6.45, 7) is 1.13. The van der Waals surface area contributed by atoms with E-state index in [0.29, 0.717) is 44.1 Å². The van der Waals surface area contributed by atoms with Gasteiger partial charge in [0.2, 0.25) is 0 Å². The molecule has 0 saturated heterocycles. The van der Waals surface area contributed by atoms with Gasteiger partial charge in [0.25, 0.3) is 0 Å². The number of aromatic amines is 2. The van der Waals surface area contributed by atoms with E-state index in [1.165, 1.54) is 0 Å². The molecule has 0 atom stereocenters. The van der Waals surface area contributed by atoms with Gasteiger partial charge >= 0.3 is 206 Å². The molecule has 0 amide bonds. The van der Waals surface area contributed by atoms with Gasteiger partial charge in [-0.3, -0.25) is 0 Å². The SMILES string of the molecule is O=c1c([Se]c2c[nH]c3c(cnn3Cc3ccccc3)c2=O)c[nH]c2c1cnn2Cc1ccccc1. The fraction of sp³-hybridized carbons (Fsp3) is 0.0769. The van der Waals surface area contributed by atoms with E-state index in [2.05, 4.69) is 20.2 Å². The molecule has 4 aromatic heterocycles. The molecule has 0 bridgehead atoms. The molecule has 0 radical (unpaired) electrons. The standard InChI is InChI=1S/C26H20N6O2Se/c33-23-19-11-29-31(15-17-7-3-1-4-8-17)25(19)27-13-21(23)35-22-14-28-26-20(24(22)34)12-30-32(26)16-18-9-5-2-6-10-18/h1-14H,15-16H2,(H,27,33)(H,28,34). The Morgan fingerprint density at radius 1 is 0.657 bits per heavy atom. The van der Waals surface area contributed by atoms with Gasteiger partial charge in [-0.05, 0) is 0 Å². The number of nitrogens with one attached hydrogen (secondary N) is 2. The molecule has 2 aromatic carbocycles. The zero-order valence-electron chi connectivity index (χ0n) is 18.5. The minimum atomic E-state index is -0.480. The van der Waals surface area contributed by atoms with Crippen LogP contribution in [-0.2, 0) is 13.1 Å². The first kappa shape index (κ1) is 21.3. The Morgan fingerprint density at radius 2 is 1.09 bits per heavy atom. The molecule has 8 nitrogen and oxygen atoms in total. The number of H-pyrrole nitrogens is 2. The Labute approximate surface area is 205 Å². The number of hydrogen-bond acceptors (Lipinski definition) is 4. The van der Waals surface area contributed by atoms with E-state index >= 15 is 0 Å². The van der Waals surface area contributed by atoms with Crippen molar-refractivity contribution in [2.75, 3.05) is 0 Å². The van der Waals surface area contributed by atoms with Crippen molar-refractivity contribution in [2.45, 2.75) is 13.1 Å². The zero-order valence-corrected chi connectivity index (χ0v) is 20.2. The first-order valence-corrected chi connectivity index (χ1v) is 12.8. The summed E-state index contributed by atoms with van der Waals surface area (Å²) >= 11 is -0.480. The first-order chi connectivity index (χ1) is 17.2. The van der Waals surface area contributed by atoms with Crippen LogP contribution in [0, 0.1) is 0 Å². The molecule has 0 spiro atoms. The predicted molar refractivity (Wildman–Crippen MR) is 137 cm³/mol. The molecule has 0 fully saturated rings. The van der Waals surface area contributed by atoms with Crippen molar-refractivity contribution < 1.29 is 0 Å². The van der Waals surface area contributed by atoms with E-state index in [1.54, 1.807) is 34.2 Å². The average molecular weight is 527 g/mol. The van der Waals surface area contributed by atoms with E-state index in [4.69, 9.17) is 0 Å². The van der Waals surface area contributed by atoms with Crippen molar-refractivity contribution in [3.05, 3.63) is 117 Å². The number of nitrogens with zero attached hydrogens (tertiary/aromatic N) is 4. The Bertz CT molecular complexity index is 1640. The Hall–Kier alpha value is -4.20. The third-order valence-corrected chi connectivity index (χ3v) is 8.06. The third-order valence-electron chi connectivity index (χ3n) is 5.87. The maximum atomic E-state index is 13.2. The predicted octanol–water partition coefficient (Wildman–Crippen LogP) is 1.51. The fourth-order valence-electron chi connectivity index (χ4n) is 4.09. The number of rotatable bonds is 6. The van der Waals surface area contributed by atoms with E-state index in [1.807, 2.05) is 60.7 Å². The number of fused-ring (bicyclic) bond motifs is 2. The normalized spacial score (nSPS) is 11.4. The number of benzene rings is 2. The topological polar surface area (TPSA) is 101 Å². The number of hydrogen-bond donors (Lipinski definition) is 2. The van der Waals surface area contributed by atoms with Crippen molar-refractivity contribution in [2.24, 2.45) is 0 Å². The van der Waals surface area contributed by atoms with Crippen molar-refractivity contribution in [3.63, 3.8) is 0 Å². The average Bonchev–Trinajstić information content (AvgIpc) is 3.49. The van der Waals surface area contributed by atoms with Crippen LogP contribution in [0.15, 0.2) is 95.0 Å². The fourth-order valence-corrected chi connectivity index (χ4v) is 5.94. The molecule has 0 aliphatic rings. The minimum absolute atomic E-state index is 0.0997. The molecule has 6 rings (SSSR count). The zero-order chi connectivity index (χ0) is 23.8. The van der Waals surface area contributed by atoms with Crippen molar-refractivity contribution in [3.8, 4) is 0 Å². The molecule has 0 aliphatic carbocycles. The summed E-state index contributed by atoms with van der Waals surface area (Å²) in [5, 5.41) is 9.86. The summed E-state index contributed by atoms with van der Waals surface area (Å²) < 4.78 is 4.71. The van der Waals surface area contributed by atoms with Gasteiger partial charge < -0.3 is 0 Å². The van der Waals surface area contributed by atoms with Crippen LogP contribution < -0.4 is 19.8 Å². The van der Waals surface area contributed by atoms with Crippen molar-refractivity contribution in [1.82, 2.24) is 29.5 Å². The van der Waals surface area contributed by atoms with Crippen LogP contribution in [-0.4, -0.2) is 44.5 Å². The van der Waals surface area contributed by atoms with Gasteiger partial charge in [-0.25, -0.2) is 0 Å². The van der Waals surface area contributed by atoms with Gasteiger partial charge in [0, 0.05) is 0 Å². The van der Waals surface area contributed by atoms with Crippen LogP contribution in [0.3, 0.4) is 0 Å². The van der Waals surface area contributed by atoms with Crippen LogP contribution in [0.1, 0.15) is 11.1 Å². The van der Waals surface area contributed by atoms with Gasteiger partial charge in [0.15, 0.2) is 0 Å². The number of pyridine rings is 2. The Kier molecular flexibility index (Phi) is 5.41. The molecule has 6 aromatic rings. The summed E-state index contributed by atoms with van der Waals surface area (Å²) in [5.74, 6) is 0. The van der Waals surface area contributed by atoms with Gasteiger partial charge in [-0.2, -0.15) is 0 Å². The number of aromatic nitrogens is 6. The van der Waals surface area contributed by atoms with E-state index < -0.39 is 15.0 Å². The first-order valence-electron chi connectivity index (χ1n) is 11.1. The molecule has 0 saturated carbocycles. The molecule has 4 heterocycles. The molecule has 2 N–H and O–H groups in total. The van der Waals surface area contributed by atoms with Crippen LogP contribution in [0.4, 0.5) is 0 Å². The Morgan fingerprint density at radius 3 is 1.51 bits per heavy atom. The Balaban J connectivity index is 1.30. The monoisotopic (exact) mass is 528 g/mol. The molecule has 9 heteroatoms. The van der Waals surface area contributed by atoms with Crippen molar-refractivity contribution >= 4 is 45.9 Å². The van der Waals surface area contributed by atoms with Crippen LogP contribution >= 0.6 is 0 Å². The second kappa shape index (κ2) is 8.87. The third kappa shape index (κ3) is 4.01. The quantitative estimate of drug-likeness (QED) is 0.321. The van der Waals surface area contributed by atoms with Crippen LogP contribution in [0.2, 0.25) is 0 Å². The molecule has 0 aliphatic heterocycles. The van der Waals surface area contributed by atoms with Crippen LogP contribution in [0.5, 0.6) is 0 Å². The van der Waals surface area contributed by atoms with Crippen LogP contribution in [0.25, 0.3) is 22.1 Å². The van der Waals surface area contributed by atoms with Crippen molar-refractivity contribution in [1.29, 1.82) is 0 Å². The van der Waals surface area contributed by atoms with Gasteiger partial charge in [-0.15, -0.1) is 0 Å². The molecule has 35 heavy (non-hydrogen) atoms. The summed E-state index contributed by atoms with van der Waals surface area (Å²) in [5.41, 5.74) is 3.34. The van der Waals surface area contributed by atoms with E-state index in [9.17, 15) is 9.59 Å². The summed E-state index contributed by atoms with van der Waals surface area (Å²) in [7, 11) is 0. The van der Waals surface area contributed by atoms with Gasteiger partial charge in [0.05, 0.1) is 0 Å². The molecular weight excluding hydrogens is 507 g/mol. The molecule has 0 unspecified atom stereocenters. The van der Waals surface area contributed by atoms with E-state index in [0.717, 1.165) is 11.1 Å². The van der Waals surface area contributed by atoms with Gasteiger partial charge in [0.1, 0.15) is 0 Å². The van der Waals surface area contributed by atoms with Gasteiger partial charge in [-0.1, -0.05) is 0 Å². The maximum absolute atomic E-state index is 13.2. The van der Waals surface area contributed by atoms with E-state index in [-0.39, 0.29) is 10.9 Å².